The Kier molecular flexibility index (Phi) is 52.6. The van der Waals surface area contributed by atoms with Gasteiger partial charge < -0.3 is 44.4 Å². The fourth-order valence-electron chi connectivity index (χ4n) is 0.352. The van der Waals surface area contributed by atoms with Crippen molar-refractivity contribution < 1.29 is 66.1 Å². The van der Waals surface area contributed by atoms with Gasteiger partial charge in [-0.3, -0.25) is 0 Å². The summed E-state index contributed by atoms with van der Waals surface area (Å²) >= 11 is 0. The van der Waals surface area contributed by atoms with Gasteiger partial charge in [0, 0.05) is 30.3 Å². The van der Waals surface area contributed by atoms with E-state index < -0.39 is 23.9 Å². The molecule has 0 radical (unpaired) electrons. The minimum Gasteiger partial charge on any atom is -0.550 e. The molecule has 0 bridgehead atoms. The Morgan fingerprint density at radius 2 is 0.739 bits per heavy atom. The zero-order valence-electron chi connectivity index (χ0n) is 14.1. The molecule has 23 heavy (non-hydrogen) atoms. The van der Waals surface area contributed by atoms with E-state index in [1.807, 2.05) is 6.92 Å². The monoisotopic (exact) mass is 370 g/mol. The van der Waals surface area contributed by atoms with Crippen LogP contribution in [0.15, 0.2) is 0 Å². The fourth-order valence-corrected chi connectivity index (χ4v) is 0.352. The Bertz CT molecular complexity index is 263. The van der Waals surface area contributed by atoms with Gasteiger partial charge in [0.05, 0.1) is 0 Å². The van der Waals surface area contributed by atoms with Gasteiger partial charge in [-0.1, -0.05) is 6.92 Å². The summed E-state index contributed by atoms with van der Waals surface area (Å²) in [5, 5.41) is 35.6. The second-order valence-electron chi connectivity index (χ2n) is 3.42. The van der Waals surface area contributed by atoms with Gasteiger partial charge in [0.2, 0.25) is 0 Å². The summed E-state index contributed by atoms with van der Waals surface area (Å²) in [6.07, 6.45) is 1.72. The van der Waals surface area contributed by atoms with Crippen molar-refractivity contribution in [3.63, 3.8) is 0 Å². The van der Waals surface area contributed by atoms with Gasteiger partial charge in [-0.2, -0.15) is 0 Å². The van der Waals surface area contributed by atoms with Gasteiger partial charge in [0.15, 0.2) is 0 Å². The van der Waals surface area contributed by atoms with Crippen molar-refractivity contribution in [1.29, 1.82) is 0 Å². The number of rotatable bonds is 2. The van der Waals surface area contributed by atoms with Crippen LogP contribution in [0, 0.1) is 0 Å². The molecule has 9 nitrogen and oxygen atoms in total. The Hall–Kier alpha value is -1.74. The molecule has 0 aromatic carbocycles. The van der Waals surface area contributed by atoms with Crippen LogP contribution < -0.4 is 20.4 Å². The standard InChI is InChI=1S/C5H10O.4C2H4O2.Ti/c1-3-4-5(2)6;4*1-2(3)4;/h3-4H2,1-2H3;4*1H3,(H,3,4);/q;;;;;+4/p-4. The molecular formula is C13H22O9Ti. The third-order valence-corrected chi connectivity index (χ3v) is 0.602. The first-order chi connectivity index (χ1) is 9.70. The van der Waals surface area contributed by atoms with Gasteiger partial charge >= 0.3 is 21.7 Å². The summed E-state index contributed by atoms with van der Waals surface area (Å²) in [6, 6.07) is 0. The molecular weight excluding hydrogens is 348 g/mol. The van der Waals surface area contributed by atoms with Gasteiger partial charge in [0.1, 0.15) is 5.78 Å². The zero-order valence-corrected chi connectivity index (χ0v) is 15.7. The predicted molar refractivity (Wildman–Crippen MR) is 68.3 cm³/mol. The van der Waals surface area contributed by atoms with E-state index in [1.165, 1.54) is 0 Å². The van der Waals surface area contributed by atoms with E-state index in [2.05, 4.69) is 0 Å². The van der Waals surface area contributed by atoms with Crippen LogP contribution in [-0.2, 0) is 45.7 Å². The second kappa shape index (κ2) is 32.3. The topological polar surface area (TPSA) is 178 Å². The first-order valence-electron chi connectivity index (χ1n) is 5.90. The van der Waals surface area contributed by atoms with E-state index in [-0.39, 0.29) is 27.5 Å². The maximum Gasteiger partial charge on any atom is 4.00 e. The molecule has 0 aliphatic heterocycles. The van der Waals surface area contributed by atoms with E-state index >= 15 is 0 Å². The molecule has 132 valence electrons. The Morgan fingerprint density at radius 3 is 0.739 bits per heavy atom. The molecule has 0 aliphatic carbocycles. The van der Waals surface area contributed by atoms with Crippen LogP contribution in [0.4, 0.5) is 0 Å². The predicted octanol–water partition coefficient (Wildman–Crippen LogP) is -3.60. The summed E-state index contributed by atoms with van der Waals surface area (Å²) in [5.41, 5.74) is 0. The van der Waals surface area contributed by atoms with Crippen molar-refractivity contribution in [2.75, 3.05) is 0 Å². The molecule has 0 unspecified atom stereocenters. The first-order valence-corrected chi connectivity index (χ1v) is 5.90. The molecule has 0 heterocycles. The van der Waals surface area contributed by atoms with E-state index in [9.17, 15) is 4.79 Å². The average molecular weight is 370 g/mol. The number of Topliss-reactive ketones (excluding diaryl/α,β-unsaturated/α-hetero) is 1. The van der Waals surface area contributed by atoms with Gasteiger partial charge in [-0.15, -0.1) is 0 Å². The fraction of sp³-hybridized carbons (Fsp3) is 0.615. The summed E-state index contributed by atoms with van der Waals surface area (Å²) in [6.45, 7) is 7.50. The number of carboxylic acids is 4. The minimum absolute atomic E-state index is 0. The number of aliphatic carboxylic acids is 4. The van der Waals surface area contributed by atoms with E-state index in [1.54, 1.807) is 6.92 Å². The van der Waals surface area contributed by atoms with E-state index in [0.29, 0.717) is 0 Å². The number of hydrogen-bond donors (Lipinski definition) is 0. The molecule has 10 heteroatoms. The van der Waals surface area contributed by atoms with Crippen LogP contribution in [0.5, 0.6) is 0 Å². The molecule has 0 aromatic rings. The molecule has 0 aromatic heterocycles. The van der Waals surface area contributed by atoms with Crippen molar-refractivity contribution in [3.8, 4) is 0 Å². The van der Waals surface area contributed by atoms with Crippen LogP contribution in [0.3, 0.4) is 0 Å². The van der Waals surface area contributed by atoms with Crippen LogP contribution in [0.2, 0.25) is 0 Å². The molecule has 0 rings (SSSR count). The SMILES string of the molecule is CC(=O)[O-].CC(=O)[O-].CC(=O)[O-].CC(=O)[O-].CCCC(C)=O.[Ti+4]. The average Bonchev–Trinajstić information content (AvgIpc) is 2.12. The molecule has 0 spiro atoms. The minimum atomic E-state index is -1.08. The zero-order chi connectivity index (χ0) is 19.3. The Morgan fingerprint density at radius 1 is 0.609 bits per heavy atom. The first kappa shape index (κ1) is 37.5. The quantitative estimate of drug-likeness (QED) is 0.444. The molecule has 0 saturated carbocycles. The number of hydrogen-bond acceptors (Lipinski definition) is 9. The van der Waals surface area contributed by atoms with Gasteiger partial charge in [0.25, 0.3) is 0 Å². The van der Waals surface area contributed by atoms with Crippen LogP contribution in [0.1, 0.15) is 54.4 Å². The molecule has 0 aliphatic rings. The number of carbonyl (C=O) groups is 5. The third-order valence-electron chi connectivity index (χ3n) is 0.602. The molecule has 0 fully saturated rings. The number of carboxylic acid groups (broad SMARTS) is 4. The molecule has 0 amide bonds. The maximum absolute atomic E-state index is 10.0. The van der Waals surface area contributed by atoms with Crippen LogP contribution in [0.25, 0.3) is 0 Å². The second-order valence-corrected chi connectivity index (χ2v) is 3.42. The number of carbonyl (C=O) groups excluding carboxylic acids is 5. The summed E-state index contributed by atoms with van der Waals surface area (Å²) < 4.78 is 0. The van der Waals surface area contributed by atoms with Crippen LogP contribution >= 0.6 is 0 Å². The van der Waals surface area contributed by atoms with Crippen molar-refractivity contribution >= 4 is 29.7 Å². The summed E-state index contributed by atoms with van der Waals surface area (Å²) in [4.78, 5) is 45.6. The van der Waals surface area contributed by atoms with Crippen molar-refractivity contribution in [3.05, 3.63) is 0 Å². The van der Waals surface area contributed by atoms with E-state index in [0.717, 1.165) is 40.5 Å². The summed E-state index contributed by atoms with van der Waals surface area (Å²) in [7, 11) is 0. The van der Waals surface area contributed by atoms with Crippen molar-refractivity contribution in [2.24, 2.45) is 0 Å². The van der Waals surface area contributed by atoms with Crippen molar-refractivity contribution in [2.45, 2.75) is 54.4 Å². The Labute approximate surface area is 150 Å². The number of ketones is 1. The largest absolute Gasteiger partial charge is 4.00 e. The third kappa shape index (κ3) is 4230. The van der Waals surface area contributed by atoms with Crippen LogP contribution in [-0.4, -0.2) is 29.7 Å². The summed E-state index contributed by atoms with van der Waals surface area (Å²) in [5.74, 6) is -4.04. The molecule has 0 atom stereocenters. The maximum atomic E-state index is 10.0. The Balaban J connectivity index is -0.0000000393. The normalized spacial score (nSPS) is 6.52. The van der Waals surface area contributed by atoms with Gasteiger partial charge in [-0.25, -0.2) is 0 Å². The van der Waals surface area contributed by atoms with Gasteiger partial charge in [-0.05, 0) is 41.0 Å². The van der Waals surface area contributed by atoms with E-state index in [4.69, 9.17) is 39.6 Å². The molecule has 0 saturated heterocycles. The van der Waals surface area contributed by atoms with Crippen molar-refractivity contribution in [1.82, 2.24) is 0 Å². The smallest absolute Gasteiger partial charge is 0.550 e. The molecule has 0 N–H and O–H groups in total.